The second kappa shape index (κ2) is 9.30. The van der Waals surface area contributed by atoms with Gasteiger partial charge in [-0.05, 0) is 131 Å². The summed E-state index contributed by atoms with van der Waals surface area (Å²) in [6, 6.07) is 37.1. The minimum Gasteiger partial charge on any atom is -0.0616 e. The van der Waals surface area contributed by atoms with Crippen LogP contribution in [0, 0.1) is 47.6 Å². The molecule has 0 spiro atoms. The number of hydrogen-bond acceptors (Lipinski definition) is 0. The maximum Gasteiger partial charge on any atom is -0.00208 e. The average molecular weight is 490 g/mol. The van der Waals surface area contributed by atoms with Crippen LogP contribution < -0.4 is 0 Å². The molecule has 0 fully saturated rings. The van der Waals surface area contributed by atoms with Crippen LogP contribution in [0.15, 0.2) is 91.0 Å². The topological polar surface area (TPSA) is 0 Å². The molecule has 0 unspecified atom stereocenters. The van der Waals surface area contributed by atoms with E-state index in [1.165, 1.54) is 82.7 Å². The van der Waals surface area contributed by atoms with Crippen molar-refractivity contribution < 1.29 is 0 Å². The second-order valence-electron chi connectivity index (χ2n) is 10.9. The third-order valence-corrected chi connectivity index (χ3v) is 7.91. The summed E-state index contributed by atoms with van der Waals surface area (Å²) in [4.78, 5) is 0. The number of benzene rings is 6. The van der Waals surface area contributed by atoms with Gasteiger partial charge in [-0.1, -0.05) is 96.1 Å². The summed E-state index contributed by atoms with van der Waals surface area (Å²) in [5.41, 5.74) is 15.6. The van der Waals surface area contributed by atoms with Gasteiger partial charge >= 0.3 is 0 Å². The Morgan fingerprint density at radius 1 is 0.421 bits per heavy atom. The van der Waals surface area contributed by atoms with Crippen LogP contribution in [0.5, 0.6) is 0 Å². The minimum absolute atomic E-state index is 1.13. The monoisotopic (exact) mass is 489 g/mol. The van der Waals surface area contributed by atoms with E-state index in [0.29, 0.717) is 0 Å². The van der Waals surface area contributed by atoms with Crippen LogP contribution in [0.3, 0.4) is 0 Å². The van der Waals surface area contributed by atoms with Crippen LogP contribution in [0.4, 0.5) is 0 Å². The van der Waals surface area contributed by atoms with Gasteiger partial charge in [0.25, 0.3) is 0 Å². The molecule has 0 saturated heterocycles. The van der Waals surface area contributed by atoms with E-state index in [-0.39, 0.29) is 0 Å². The molecule has 0 aliphatic carbocycles. The van der Waals surface area contributed by atoms with Crippen molar-refractivity contribution in [3.05, 3.63) is 130 Å². The van der Waals surface area contributed by atoms with Gasteiger partial charge in [-0.15, -0.1) is 0 Å². The summed E-state index contributed by atoms with van der Waals surface area (Å²) in [6.45, 7) is 13.4. The normalized spacial score (nSPS) is 11.4. The molecule has 0 heteroatoms. The van der Waals surface area contributed by atoms with Crippen LogP contribution in [-0.2, 0) is 0 Å². The van der Waals surface area contributed by atoms with Crippen molar-refractivity contribution in [2.75, 3.05) is 0 Å². The third-order valence-electron chi connectivity index (χ3n) is 7.91. The molecular weight excluding hydrogens is 456 g/mol. The van der Waals surface area contributed by atoms with E-state index in [4.69, 9.17) is 0 Å². The zero-order valence-corrected chi connectivity index (χ0v) is 23.2. The van der Waals surface area contributed by atoms with Crippen molar-refractivity contribution in [3.63, 3.8) is 0 Å². The zero-order chi connectivity index (χ0) is 26.6. The maximum atomic E-state index is 3.50. The molecule has 0 aliphatic rings. The fourth-order valence-electron chi connectivity index (χ4n) is 6.62. The van der Waals surface area contributed by atoms with Gasteiger partial charge in [0.05, 0.1) is 0 Å². The molecule has 0 aliphatic heterocycles. The summed E-state index contributed by atoms with van der Waals surface area (Å²) in [7, 11) is 0. The Kier molecular flexibility index (Phi) is 5.92. The molecule has 0 saturated carbocycles. The third kappa shape index (κ3) is 3.92. The van der Waals surface area contributed by atoms with Crippen LogP contribution in [-0.4, -0.2) is 0 Å². The fourth-order valence-corrected chi connectivity index (χ4v) is 6.62. The van der Waals surface area contributed by atoms with Gasteiger partial charge in [-0.25, -0.2) is 0 Å². The van der Waals surface area contributed by atoms with E-state index in [9.17, 15) is 0 Å². The summed E-state index contributed by atoms with van der Waals surface area (Å²) < 4.78 is 0. The molecular formula is C38H33. The minimum atomic E-state index is 1.13. The Morgan fingerprint density at radius 2 is 0.974 bits per heavy atom. The molecule has 0 atom stereocenters. The van der Waals surface area contributed by atoms with Gasteiger partial charge in [-0.3, -0.25) is 0 Å². The molecule has 38 heavy (non-hydrogen) atoms. The highest BCUT2D eigenvalue weighted by molar-refractivity contribution is 6.19. The standard InChI is InChI=1S/C38H33/c1-23-18-25(3)36(26(4)19-23)33-17-16-32-30-14-10-11-15-31(30)34(29-12-8-7-9-13-29)22-35(32)38(33)37-27(5)20-24(2)21-28(37)6/h7-12,14-22H,1-6H3. The number of aryl methyl sites for hydroxylation is 6. The van der Waals surface area contributed by atoms with Crippen LogP contribution in [0.25, 0.3) is 54.9 Å². The second-order valence-corrected chi connectivity index (χ2v) is 10.9. The molecule has 0 heterocycles. The quantitative estimate of drug-likeness (QED) is 0.217. The summed E-state index contributed by atoms with van der Waals surface area (Å²) >= 11 is 0. The molecule has 0 nitrogen and oxygen atoms in total. The summed E-state index contributed by atoms with van der Waals surface area (Å²) in [6.07, 6.45) is 0. The first-order valence-electron chi connectivity index (χ1n) is 13.5. The highest BCUT2D eigenvalue weighted by Gasteiger charge is 2.21. The summed E-state index contributed by atoms with van der Waals surface area (Å²) in [5.74, 6) is 0. The van der Waals surface area contributed by atoms with Crippen LogP contribution in [0.2, 0.25) is 0 Å². The molecule has 0 aromatic heterocycles. The van der Waals surface area contributed by atoms with Gasteiger partial charge < -0.3 is 0 Å². The molecule has 0 N–H and O–H groups in total. The molecule has 1 radical (unpaired) electrons. The van der Waals surface area contributed by atoms with Gasteiger partial charge in [0.1, 0.15) is 0 Å². The average Bonchev–Trinajstić information content (AvgIpc) is 2.88. The van der Waals surface area contributed by atoms with Crippen molar-refractivity contribution in [3.8, 4) is 33.4 Å². The van der Waals surface area contributed by atoms with Crippen molar-refractivity contribution in [2.45, 2.75) is 41.5 Å². The first-order valence-corrected chi connectivity index (χ1v) is 13.5. The van der Waals surface area contributed by atoms with Crippen molar-refractivity contribution in [2.24, 2.45) is 0 Å². The largest absolute Gasteiger partial charge is 0.0616 e. The molecule has 185 valence electrons. The first-order chi connectivity index (χ1) is 18.3. The smallest absolute Gasteiger partial charge is 0.00208 e. The van der Waals surface area contributed by atoms with Gasteiger partial charge in [0.15, 0.2) is 0 Å². The highest BCUT2D eigenvalue weighted by atomic mass is 14.2. The Balaban J connectivity index is 1.85. The molecule has 6 aromatic carbocycles. The number of fused-ring (bicyclic) bond motifs is 3. The van der Waals surface area contributed by atoms with Gasteiger partial charge in [0.2, 0.25) is 0 Å². The lowest BCUT2D eigenvalue weighted by Crippen LogP contribution is -1.98. The summed E-state index contributed by atoms with van der Waals surface area (Å²) in [5, 5.41) is 5.13. The van der Waals surface area contributed by atoms with Crippen molar-refractivity contribution in [1.82, 2.24) is 0 Å². The first kappa shape index (κ1) is 24.2. The van der Waals surface area contributed by atoms with E-state index in [2.05, 4.69) is 126 Å². The Morgan fingerprint density at radius 3 is 1.58 bits per heavy atom. The predicted molar refractivity (Wildman–Crippen MR) is 165 cm³/mol. The zero-order valence-electron chi connectivity index (χ0n) is 23.2. The van der Waals surface area contributed by atoms with E-state index < -0.39 is 0 Å². The van der Waals surface area contributed by atoms with E-state index in [1.54, 1.807) is 0 Å². The van der Waals surface area contributed by atoms with E-state index in [1.807, 2.05) is 12.1 Å². The van der Waals surface area contributed by atoms with Gasteiger partial charge in [0, 0.05) is 0 Å². The molecule has 0 amide bonds. The predicted octanol–water partition coefficient (Wildman–Crippen LogP) is 10.6. The SMILES string of the molecule is Cc1cc(C)c(-c2ccc3c(cc(-c4[c]cccc4)c4ccccc43)c2-c2c(C)cc(C)cc2C)c(C)c1. The number of hydrogen-bond donors (Lipinski definition) is 0. The van der Waals surface area contributed by atoms with Crippen LogP contribution >= 0.6 is 0 Å². The lowest BCUT2D eigenvalue weighted by molar-refractivity contribution is 1.31. The Bertz CT molecular complexity index is 1810. The lowest BCUT2D eigenvalue weighted by atomic mass is 9.81. The van der Waals surface area contributed by atoms with Crippen molar-refractivity contribution >= 4 is 21.5 Å². The number of rotatable bonds is 3. The van der Waals surface area contributed by atoms with Crippen LogP contribution in [0.1, 0.15) is 33.4 Å². The molecule has 6 rings (SSSR count). The maximum absolute atomic E-state index is 3.50. The fraction of sp³-hybridized carbons (Fsp3) is 0.158. The van der Waals surface area contributed by atoms with E-state index in [0.717, 1.165) is 5.56 Å². The Labute approximate surface area is 226 Å². The van der Waals surface area contributed by atoms with Gasteiger partial charge in [-0.2, -0.15) is 0 Å². The molecule has 0 bridgehead atoms. The lowest BCUT2D eigenvalue weighted by Gasteiger charge is -2.23. The van der Waals surface area contributed by atoms with Crippen molar-refractivity contribution in [1.29, 1.82) is 0 Å². The molecule has 6 aromatic rings. The van der Waals surface area contributed by atoms with E-state index >= 15 is 0 Å². The Hall–Kier alpha value is -4.16. The highest BCUT2D eigenvalue weighted by Crippen LogP contribution is 2.46.